The minimum atomic E-state index is 0.765. The number of rotatable bonds is 6. The lowest BCUT2D eigenvalue weighted by molar-refractivity contribution is 0.354. The van der Waals surface area contributed by atoms with Crippen molar-refractivity contribution in [3.63, 3.8) is 0 Å². The molecule has 0 saturated carbocycles. The summed E-state index contributed by atoms with van der Waals surface area (Å²) in [5.41, 5.74) is 6.07. The first-order valence-corrected chi connectivity index (χ1v) is 9.21. The molecule has 0 bridgehead atoms. The monoisotopic (exact) mass is 356 g/mol. The van der Waals surface area contributed by atoms with Gasteiger partial charge in [0.1, 0.15) is 0 Å². The van der Waals surface area contributed by atoms with Crippen molar-refractivity contribution in [1.29, 1.82) is 0 Å². The van der Waals surface area contributed by atoms with E-state index in [1.165, 1.54) is 22.5 Å². The summed E-state index contributed by atoms with van der Waals surface area (Å²) in [6.45, 7) is 7.30. The summed E-state index contributed by atoms with van der Waals surface area (Å²) in [7, 11) is 3.33. The maximum atomic E-state index is 5.40. The Morgan fingerprint density at radius 2 is 1.80 bits per heavy atom. The van der Waals surface area contributed by atoms with Crippen LogP contribution in [-0.4, -0.2) is 23.8 Å². The lowest BCUT2D eigenvalue weighted by Crippen LogP contribution is -2.05. The molecule has 5 heteroatoms. The highest BCUT2D eigenvalue weighted by atomic mass is 32.1. The van der Waals surface area contributed by atoms with Gasteiger partial charge in [-0.15, -0.1) is 11.3 Å². The van der Waals surface area contributed by atoms with Crippen LogP contribution >= 0.6 is 11.3 Å². The number of methoxy groups -OCH3 is 2. The molecule has 0 amide bonds. The number of aryl methyl sites for hydroxylation is 3. The Hall–Kier alpha value is -2.27. The summed E-state index contributed by atoms with van der Waals surface area (Å²) in [4.78, 5) is 4.63. The Morgan fingerprint density at radius 3 is 2.44 bits per heavy atom. The van der Waals surface area contributed by atoms with E-state index in [2.05, 4.69) is 47.0 Å². The first-order chi connectivity index (χ1) is 12.0. The van der Waals surface area contributed by atoms with Gasteiger partial charge in [-0.2, -0.15) is 0 Å². The Bertz CT molecular complexity index is 880. The number of benzene rings is 1. The van der Waals surface area contributed by atoms with Crippen LogP contribution in [0.3, 0.4) is 0 Å². The van der Waals surface area contributed by atoms with Gasteiger partial charge in [0.25, 0.3) is 0 Å². The van der Waals surface area contributed by atoms with Crippen LogP contribution in [0.1, 0.15) is 22.0 Å². The molecule has 25 heavy (non-hydrogen) atoms. The van der Waals surface area contributed by atoms with Crippen LogP contribution in [0.4, 0.5) is 0 Å². The molecule has 3 aromatic rings. The van der Waals surface area contributed by atoms with E-state index >= 15 is 0 Å². The molecule has 4 nitrogen and oxygen atoms in total. The average molecular weight is 356 g/mol. The Morgan fingerprint density at radius 1 is 1.04 bits per heavy atom. The van der Waals surface area contributed by atoms with E-state index in [0.29, 0.717) is 0 Å². The van der Waals surface area contributed by atoms with Gasteiger partial charge in [0.2, 0.25) is 0 Å². The zero-order valence-electron chi connectivity index (χ0n) is 15.4. The van der Waals surface area contributed by atoms with Gasteiger partial charge in [-0.25, -0.2) is 4.98 Å². The number of ether oxygens (including phenoxy) is 2. The predicted molar refractivity (Wildman–Crippen MR) is 103 cm³/mol. The van der Waals surface area contributed by atoms with Crippen molar-refractivity contribution < 1.29 is 9.47 Å². The van der Waals surface area contributed by atoms with Gasteiger partial charge in [-0.1, -0.05) is 6.07 Å². The highest BCUT2D eigenvalue weighted by molar-refractivity contribution is 7.09. The molecule has 0 unspecified atom stereocenters. The highest BCUT2D eigenvalue weighted by Crippen LogP contribution is 2.30. The van der Waals surface area contributed by atoms with Gasteiger partial charge in [0, 0.05) is 28.9 Å². The van der Waals surface area contributed by atoms with E-state index in [1.54, 1.807) is 25.6 Å². The molecule has 0 saturated heterocycles. The second-order valence-corrected chi connectivity index (χ2v) is 7.19. The maximum Gasteiger partial charge on any atom is 0.160 e. The summed E-state index contributed by atoms with van der Waals surface area (Å²) >= 11 is 1.69. The lowest BCUT2D eigenvalue weighted by Gasteiger charge is -2.12. The van der Waals surface area contributed by atoms with Crippen molar-refractivity contribution in [2.45, 2.75) is 33.7 Å². The van der Waals surface area contributed by atoms with Crippen molar-refractivity contribution in [2.75, 3.05) is 14.2 Å². The van der Waals surface area contributed by atoms with Crippen molar-refractivity contribution >= 4 is 11.3 Å². The molecule has 1 aromatic carbocycles. The molecule has 0 spiro atoms. The molecular weight excluding hydrogens is 332 g/mol. The maximum absolute atomic E-state index is 5.40. The molecule has 0 aliphatic heterocycles. The van der Waals surface area contributed by atoms with Crippen LogP contribution < -0.4 is 9.47 Å². The van der Waals surface area contributed by atoms with Crippen LogP contribution in [-0.2, 0) is 13.0 Å². The fourth-order valence-corrected chi connectivity index (χ4v) is 3.78. The van der Waals surface area contributed by atoms with E-state index in [1.807, 2.05) is 13.0 Å². The van der Waals surface area contributed by atoms with Gasteiger partial charge < -0.3 is 14.0 Å². The smallest absolute Gasteiger partial charge is 0.160 e. The van der Waals surface area contributed by atoms with Crippen LogP contribution in [0.2, 0.25) is 0 Å². The first-order valence-electron chi connectivity index (χ1n) is 8.33. The summed E-state index contributed by atoms with van der Waals surface area (Å²) in [5.74, 6) is 1.54. The van der Waals surface area contributed by atoms with Crippen molar-refractivity contribution in [1.82, 2.24) is 9.55 Å². The second kappa shape index (κ2) is 7.31. The van der Waals surface area contributed by atoms with Gasteiger partial charge in [-0.05, 0) is 51.0 Å². The van der Waals surface area contributed by atoms with Crippen LogP contribution in [0.15, 0.2) is 29.6 Å². The summed E-state index contributed by atoms with van der Waals surface area (Å²) < 4.78 is 13.1. The number of hydrogen-bond acceptors (Lipinski definition) is 4. The summed E-state index contributed by atoms with van der Waals surface area (Å²) in [6.07, 6.45) is 0.937. The molecule has 0 N–H and O–H groups in total. The lowest BCUT2D eigenvalue weighted by atomic mass is 10.1. The van der Waals surface area contributed by atoms with E-state index < -0.39 is 0 Å². The third-order valence-corrected chi connectivity index (χ3v) is 5.31. The second-order valence-electron chi connectivity index (χ2n) is 6.13. The fraction of sp³-hybridized carbons (Fsp3) is 0.350. The van der Waals surface area contributed by atoms with E-state index in [-0.39, 0.29) is 0 Å². The molecule has 0 fully saturated rings. The molecule has 132 valence electrons. The van der Waals surface area contributed by atoms with Crippen LogP contribution in [0, 0.1) is 20.8 Å². The number of hydrogen-bond donors (Lipinski definition) is 0. The molecule has 0 radical (unpaired) electrons. The third kappa shape index (κ3) is 3.56. The first kappa shape index (κ1) is 17.5. The zero-order valence-corrected chi connectivity index (χ0v) is 16.2. The SMILES string of the molecule is COc1ccc(CCn2c(C)cc(-c3csc(C)n3)c2C)cc1OC. The Kier molecular flexibility index (Phi) is 5.13. The molecular formula is C20H24N2O2S. The minimum Gasteiger partial charge on any atom is -0.493 e. The van der Waals surface area contributed by atoms with Gasteiger partial charge in [0.05, 0.1) is 24.9 Å². The number of nitrogens with zero attached hydrogens (tertiary/aromatic N) is 2. The molecule has 2 aromatic heterocycles. The van der Waals surface area contributed by atoms with Gasteiger partial charge >= 0.3 is 0 Å². The van der Waals surface area contributed by atoms with E-state index in [4.69, 9.17) is 9.47 Å². The van der Waals surface area contributed by atoms with Crippen LogP contribution in [0.5, 0.6) is 11.5 Å². The van der Waals surface area contributed by atoms with Crippen molar-refractivity contribution in [2.24, 2.45) is 0 Å². The normalized spacial score (nSPS) is 10.9. The molecule has 2 heterocycles. The van der Waals surface area contributed by atoms with E-state index in [9.17, 15) is 0 Å². The van der Waals surface area contributed by atoms with Crippen LogP contribution in [0.25, 0.3) is 11.3 Å². The molecule has 0 aliphatic rings. The Balaban J connectivity index is 1.81. The molecule has 0 atom stereocenters. The molecule has 0 aliphatic carbocycles. The quantitative estimate of drug-likeness (QED) is 0.637. The predicted octanol–water partition coefficient (Wildman–Crippen LogP) is 4.80. The highest BCUT2D eigenvalue weighted by Gasteiger charge is 2.13. The zero-order chi connectivity index (χ0) is 18.0. The minimum absolute atomic E-state index is 0.765. The van der Waals surface area contributed by atoms with E-state index in [0.717, 1.165) is 35.2 Å². The average Bonchev–Trinajstić information content (AvgIpc) is 3.16. The largest absolute Gasteiger partial charge is 0.493 e. The van der Waals surface area contributed by atoms with Crippen molar-refractivity contribution in [3.05, 3.63) is 51.6 Å². The summed E-state index contributed by atoms with van der Waals surface area (Å²) in [5, 5.41) is 3.24. The topological polar surface area (TPSA) is 36.3 Å². The fourth-order valence-electron chi connectivity index (χ4n) is 3.17. The third-order valence-electron chi connectivity index (χ3n) is 4.54. The van der Waals surface area contributed by atoms with Crippen molar-refractivity contribution in [3.8, 4) is 22.8 Å². The number of thiazole rings is 1. The summed E-state index contributed by atoms with van der Waals surface area (Å²) in [6, 6.07) is 8.35. The number of aromatic nitrogens is 2. The Labute approximate surface area is 153 Å². The standard InChI is InChI=1S/C20H24N2O2S/c1-13-10-17(18-12-25-15(3)21-18)14(2)22(13)9-8-16-6-7-19(23-4)20(11-16)24-5/h6-7,10-12H,8-9H2,1-5H3. The van der Waals surface area contributed by atoms with Gasteiger partial charge in [0.15, 0.2) is 11.5 Å². The van der Waals surface area contributed by atoms with Gasteiger partial charge in [-0.3, -0.25) is 0 Å². The molecule has 3 rings (SSSR count).